The average molecular weight is 302 g/mol. The Hall–Kier alpha value is -0.970. The summed E-state index contributed by atoms with van der Waals surface area (Å²) in [6.45, 7) is 7.40. The molecule has 0 aliphatic rings. The van der Waals surface area contributed by atoms with Crippen LogP contribution in [-0.2, 0) is 11.3 Å². The Bertz CT molecular complexity index is 399. The van der Waals surface area contributed by atoms with Crippen LogP contribution in [0.5, 0.6) is 11.5 Å². The quantitative estimate of drug-likeness (QED) is 0.673. The highest BCUT2D eigenvalue weighted by Gasteiger charge is 2.10. The Balaban J connectivity index is 2.77. The minimum Gasteiger partial charge on any atom is -0.490 e. The second-order valence-electron chi connectivity index (χ2n) is 4.34. The molecule has 0 aliphatic heterocycles. The summed E-state index contributed by atoms with van der Waals surface area (Å²) < 4.78 is 16.3. The molecule has 114 valence electrons. The maximum Gasteiger partial charge on any atom is 0.162 e. The minimum atomic E-state index is 0.598. The number of rotatable bonds is 10. The summed E-state index contributed by atoms with van der Waals surface area (Å²) in [5, 5.41) is 3.95. The second kappa shape index (κ2) is 9.86. The van der Waals surface area contributed by atoms with Crippen molar-refractivity contribution in [2.24, 2.45) is 0 Å². The number of nitrogens with one attached hydrogen (secondary N) is 1. The molecule has 20 heavy (non-hydrogen) atoms. The predicted octanol–water partition coefficient (Wildman–Crippen LogP) is 3.26. The Kier molecular flexibility index (Phi) is 8.42. The van der Waals surface area contributed by atoms with E-state index in [1.54, 1.807) is 7.11 Å². The molecule has 0 spiro atoms. The van der Waals surface area contributed by atoms with Crippen molar-refractivity contribution in [1.29, 1.82) is 0 Å². The number of benzene rings is 1. The lowest BCUT2D eigenvalue weighted by molar-refractivity contribution is 0.199. The summed E-state index contributed by atoms with van der Waals surface area (Å²) in [6, 6.07) is 3.77. The number of hydrogen-bond donors (Lipinski definition) is 1. The summed E-state index contributed by atoms with van der Waals surface area (Å²) in [4.78, 5) is 0. The molecule has 0 aliphatic carbocycles. The molecule has 5 heteroatoms. The lowest BCUT2D eigenvalue weighted by Gasteiger charge is -2.15. The molecule has 1 aromatic carbocycles. The van der Waals surface area contributed by atoms with Crippen LogP contribution in [0.25, 0.3) is 0 Å². The summed E-state index contributed by atoms with van der Waals surface area (Å²) in [5.41, 5.74) is 0.995. The topological polar surface area (TPSA) is 39.7 Å². The zero-order chi connectivity index (χ0) is 14.8. The van der Waals surface area contributed by atoms with Gasteiger partial charge in [-0.05, 0) is 25.0 Å². The third-order valence-corrected chi connectivity index (χ3v) is 3.02. The first-order valence-corrected chi connectivity index (χ1v) is 7.38. The van der Waals surface area contributed by atoms with Crippen molar-refractivity contribution >= 4 is 11.6 Å². The molecule has 0 atom stereocenters. The first-order valence-electron chi connectivity index (χ1n) is 7.00. The van der Waals surface area contributed by atoms with Crippen LogP contribution in [0.4, 0.5) is 0 Å². The van der Waals surface area contributed by atoms with Crippen LogP contribution in [0.1, 0.15) is 25.8 Å². The average Bonchev–Trinajstić information content (AvgIpc) is 2.45. The van der Waals surface area contributed by atoms with Gasteiger partial charge in [-0.15, -0.1) is 0 Å². The summed E-state index contributed by atoms with van der Waals surface area (Å²) in [7, 11) is 1.68. The molecular formula is C15H24ClNO3. The maximum absolute atomic E-state index is 6.29. The van der Waals surface area contributed by atoms with Gasteiger partial charge in [0.2, 0.25) is 0 Å². The Morgan fingerprint density at radius 3 is 2.50 bits per heavy atom. The van der Waals surface area contributed by atoms with Gasteiger partial charge in [-0.3, -0.25) is 0 Å². The molecule has 0 aromatic heterocycles. The van der Waals surface area contributed by atoms with Crippen LogP contribution in [0.3, 0.4) is 0 Å². The molecule has 0 bridgehead atoms. The molecule has 0 saturated heterocycles. The molecule has 0 radical (unpaired) electrons. The van der Waals surface area contributed by atoms with Crippen molar-refractivity contribution < 1.29 is 14.2 Å². The molecule has 0 heterocycles. The highest BCUT2D eigenvalue weighted by molar-refractivity contribution is 6.31. The SMILES string of the molecule is CCCOc1cc(Cl)c(CNCCOC)cc1OCC. The van der Waals surface area contributed by atoms with E-state index in [9.17, 15) is 0 Å². The van der Waals surface area contributed by atoms with Crippen molar-refractivity contribution in [3.8, 4) is 11.5 Å². The normalized spacial score (nSPS) is 10.6. The van der Waals surface area contributed by atoms with Gasteiger partial charge in [-0.1, -0.05) is 18.5 Å². The number of methoxy groups -OCH3 is 1. The standard InChI is InChI=1S/C15H24ClNO3/c1-4-7-20-15-10-13(16)12(9-14(15)19-5-2)11-17-6-8-18-3/h9-10,17H,4-8,11H2,1-3H3. The van der Waals surface area contributed by atoms with Gasteiger partial charge in [-0.2, -0.15) is 0 Å². The Morgan fingerprint density at radius 1 is 1.10 bits per heavy atom. The van der Waals surface area contributed by atoms with Gasteiger partial charge < -0.3 is 19.5 Å². The molecule has 4 nitrogen and oxygen atoms in total. The van der Waals surface area contributed by atoms with Crippen molar-refractivity contribution in [2.75, 3.05) is 33.5 Å². The van der Waals surface area contributed by atoms with Crippen molar-refractivity contribution in [2.45, 2.75) is 26.8 Å². The number of ether oxygens (including phenoxy) is 3. The lowest BCUT2D eigenvalue weighted by Crippen LogP contribution is -2.18. The monoisotopic (exact) mass is 301 g/mol. The Labute approximate surface area is 126 Å². The van der Waals surface area contributed by atoms with Gasteiger partial charge in [0.05, 0.1) is 19.8 Å². The van der Waals surface area contributed by atoms with Crippen molar-refractivity contribution in [1.82, 2.24) is 5.32 Å². The zero-order valence-corrected chi connectivity index (χ0v) is 13.3. The molecular weight excluding hydrogens is 278 g/mol. The first kappa shape index (κ1) is 17.1. The third kappa shape index (κ3) is 5.57. The van der Waals surface area contributed by atoms with E-state index in [2.05, 4.69) is 12.2 Å². The lowest BCUT2D eigenvalue weighted by atomic mass is 10.2. The van der Waals surface area contributed by atoms with E-state index in [1.165, 1.54) is 0 Å². The molecule has 1 aromatic rings. The summed E-state index contributed by atoms with van der Waals surface area (Å²) >= 11 is 6.29. The van der Waals surface area contributed by atoms with Gasteiger partial charge in [0.1, 0.15) is 0 Å². The fraction of sp³-hybridized carbons (Fsp3) is 0.600. The highest BCUT2D eigenvalue weighted by atomic mass is 35.5. The highest BCUT2D eigenvalue weighted by Crippen LogP contribution is 2.33. The molecule has 1 N–H and O–H groups in total. The van der Waals surface area contributed by atoms with Crippen molar-refractivity contribution in [3.63, 3.8) is 0 Å². The summed E-state index contributed by atoms with van der Waals surface area (Å²) in [6.07, 6.45) is 0.948. The first-order chi connectivity index (χ1) is 9.72. The Morgan fingerprint density at radius 2 is 1.85 bits per heavy atom. The smallest absolute Gasteiger partial charge is 0.162 e. The predicted molar refractivity (Wildman–Crippen MR) is 82.0 cm³/mol. The van der Waals surface area contributed by atoms with Crippen LogP contribution in [0.15, 0.2) is 12.1 Å². The van der Waals surface area contributed by atoms with Crippen molar-refractivity contribution in [3.05, 3.63) is 22.7 Å². The molecule has 0 saturated carbocycles. The van der Waals surface area contributed by atoms with E-state index >= 15 is 0 Å². The molecule has 0 unspecified atom stereocenters. The van der Waals surface area contributed by atoms with Crippen LogP contribution in [-0.4, -0.2) is 33.5 Å². The largest absolute Gasteiger partial charge is 0.490 e. The van der Waals surface area contributed by atoms with E-state index in [-0.39, 0.29) is 0 Å². The summed E-state index contributed by atoms with van der Waals surface area (Å²) in [5.74, 6) is 1.45. The van der Waals surface area contributed by atoms with E-state index in [0.29, 0.717) is 37.1 Å². The maximum atomic E-state index is 6.29. The second-order valence-corrected chi connectivity index (χ2v) is 4.75. The fourth-order valence-corrected chi connectivity index (χ4v) is 1.92. The van der Waals surface area contributed by atoms with E-state index in [4.69, 9.17) is 25.8 Å². The molecule has 1 rings (SSSR count). The van der Waals surface area contributed by atoms with Crippen LogP contribution < -0.4 is 14.8 Å². The van der Waals surface area contributed by atoms with Gasteiger partial charge in [0.25, 0.3) is 0 Å². The van der Waals surface area contributed by atoms with Gasteiger partial charge >= 0.3 is 0 Å². The number of hydrogen-bond acceptors (Lipinski definition) is 4. The third-order valence-electron chi connectivity index (χ3n) is 2.67. The minimum absolute atomic E-state index is 0.598. The fourth-order valence-electron chi connectivity index (χ4n) is 1.70. The van der Waals surface area contributed by atoms with Gasteiger partial charge in [0, 0.05) is 31.3 Å². The van der Waals surface area contributed by atoms with Crippen LogP contribution >= 0.6 is 11.6 Å². The van der Waals surface area contributed by atoms with Gasteiger partial charge in [0.15, 0.2) is 11.5 Å². The van der Waals surface area contributed by atoms with Gasteiger partial charge in [-0.25, -0.2) is 0 Å². The molecule has 0 fully saturated rings. The van der Waals surface area contributed by atoms with Crippen LogP contribution in [0, 0.1) is 0 Å². The van der Waals surface area contributed by atoms with E-state index in [0.717, 1.165) is 24.3 Å². The van der Waals surface area contributed by atoms with Crippen LogP contribution in [0.2, 0.25) is 5.02 Å². The zero-order valence-electron chi connectivity index (χ0n) is 12.5. The van der Waals surface area contributed by atoms with E-state index < -0.39 is 0 Å². The van der Waals surface area contributed by atoms with E-state index in [1.807, 2.05) is 19.1 Å². The number of halogens is 1. The molecule has 0 amide bonds.